The lowest BCUT2D eigenvalue weighted by molar-refractivity contribution is -0.385. The highest BCUT2D eigenvalue weighted by Crippen LogP contribution is 2.16. The summed E-state index contributed by atoms with van der Waals surface area (Å²) in [5, 5.41) is 13.3. The van der Waals surface area contributed by atoms with E-state index < -0.39 is 26.8 Å². The average Bonchev–Trinajstić information content (AvgIpc) is 2.71. The first-order valence-electron chi connectivity index (χ1n) is 8.82. The van der Waals surface area contributed by atoms with Gasteiger partial charge >= 0.3 is 5.97 Å². The molecule has 1 aromatic carbocycles. The van der Waals surface area contributed by atoms with Crippen LogP contribution >= 0.6 is 0 Å². The summed E-state index contributed by atoms with van der Waals surface area (Å²) in [6.45, 7) is 3.27. The Morgan fingerprint density at radius 3 is 2.57 bits per heavy atom. The Balaban J connectivity index is 1.93. The smallest absolute Gasteiger partial charge is 0.339 e. The molecule has 0 saturated carbocycles. The second-order valence-corrected chi connectivity index (χ2v) is 7.73. The number of amides is 1. The van der Waals surface area contributed by atoms with Gasteiger partial charge in [-0.15, -0.1) is 0 Å². The molecular formula is C18H20N4O7S. The van der Waals surface area contributed by atoms with Crippen molar-refractivity contribution >= 4 is 27.6 Å². The SMILES string of the molecule is CCOC(=O)c1ccc(C(=O)NCCNS(=O)(=O)c2cccc([N+](=O)[O-])c2)nc1C. The number of nitrogens with one attached hydrogen (secondary N) is 2. The maximum atomic E-state index is 12.2. The summed E-state index contributed by atoms with van der Waals surface area (Å²) in [6, 6.07) is 7.41. The zero-order valence-electron chi connectivity index (χ0n) is 16.2. The normalized spacial score (nSPS) is 11.0. The van der Waals surface area contributed by atoms with Crippen LogP contribution in [0.15, 0.2) is 41.3 Å². The molecule has 0 radical (unpaired) electrons. The lowest BCUT2D eigenvalue weighted by Gasteiger charge is -2.09. The molecule has 1 aromatic heterocycles. The van der Waals surface area contributed by atoms with Crippen LogP contribution in [0.3, 0.4) is 0 Å². The number of aromatic nitrogens is 1. The van der Waals surface area contributed by atoms with Crippen molar-refractivity contribution in [2.75, 3.05) is 19.7 Å². The van der Waals surface area contributed by atoms with Gasteiger partial charge in [0.15, 0.2) is 0 Å². The fraction of sp³-hybridized carbons (Fsp3) is 0.278. The molecule has 0 aliphatic heterocycles. The third-order valence-electron chi connectivity index (χ3n) is 3.86. The lowest BCUT2D eigenvalue weighted by Crippen LogP contribution is -2.35. The van der Waals surface area contributed by atoms with E-state index in [2.05, 4.69) is 15.0 Å². The van der Waals surface area contributed by atoms with Crippen LogP contribution in [0.5, 0.6) is 0 Å². The lowest BCUT2D eigenvalue weighted by atomic mass is 10.2. The molecule has 11 nitrogen and oxygen atoms in total. The Kier molecular flexibility index (Phi) is 7.55. The molecule has 0 spiro atoms. The van der Waals surface area contributed by atoms with Gasteiger partial charge in [0.2, 0.25) is 10.0 Å². The third-order valence-corrected chi connectivity index (χ3v) is 5.31. The predicted octanol–water partition coefficient (Wildman–Crippen LogP) is 1.18. The van der Waals surface area contributed by atoms with Crippen molar-refractivity contribution in [3.63, 3.8) is 0 Å². The van der Waals surface area contributed by atoms with Crippen LogP contribution < -0.4 is 10.0 Å². The number of nitro benzene ring substituents is 1. The van der Waals surface area contributed by atoms with Gasteiger partial charge < -0.3 is 10.1 Å². The van der Waals surface area contributed by atoms with Crippen LogP contribution in [0.2, 0.25) is 0 Å². The monoisotopic (exact) mass is 436 g/mol. The number of aryl methyl sites for hydroxylation is 1. The maximum Gasteiger partial charge on any atom is 0.339 e. The van der Waals surface area contributed by atoms with E-state index in [1.807, 2.05) is 0 Å². The van der Waals surface area contributed by atoms with E-state index in [1.54, 1.807) is 13.8 Å². The van der Waals surface area contributed by atoms with Gasteiger partial charge in [-0.25, -0.2) is 22.9 Å². The summed E-state index contributed by atoms with van der Waals surface area (Å²) < 4.78 is 31.6. The summed E-state index contributed by atoms with van der Waals surface area (Å²) in [5.74, 6) is -1.09. The van der Waals surface area contributed by atoms with Crippen LogP contribution in [-0.4, -0.2) is 49.9 Å². The van der Waals surface area contributed by atoms with E-state index in [1.165, 1.54) is 30.3 Å². The molecule has 0 fully saturated rings. The highest BCUT2D eigenvalue weighted by Gasteiger charge is 2.18. The Hall–Kier alpha value is -3.38. The van der Waals surface area contributed by atoms with Gasteiger partial charge in [-0.3, -0.25) is 14.9 Å². The van der Waals surface area contributed by atoms with E-state index in [-0.39, 0.29) is 41.5 Å². The summed E-state index contributed by atoms with van der Waals surface area (Å²) in [5.41, 5.74) is 0.284. The number of rotatable bonds is 9. The predicted molar refractivity (Wildman–Crippen MR) is 106 cm³/mol. The number of hydrogen-bond donors (Lipinski definition) is 2. The zero-order chi connectivity index (χ0) is 22.3. The number of esters is 1. The molecule has 2 N–H and O–H groups in total. The zero-order valence-corrected chi connectivity index (χ0v) is 17.1. The van der Waals surface area contributed by atoms with Gasteiger partial charge in [-0.2, -0.15) is 0 Å². The number of pyridine rings is 1. The van der Waals surface area contributed by atoms with Crippen molar-refractivity contribution in [2.45, 2.75) is 18.7 Å². The average molecular weight is 436 g/mol. The topological polar surface area (TPSA) is 158 Å². The number of carbonyl (C=O) groups excluding carboxylic acids is 2. The van der Waals surface area contributed by atoms with Crippen molar-refractivity contribution in [3.8, 4) is 0 Å². The molecule has 1 amide bonds. The van der Waals surface area contributed by atoms with E-state index in [0.29, 0.717) is 5.69 Å². The fourth-order valence-corrected chi connectivity index (χ4v) is 3.48. The maximum absolute atomic E-state index is 12.2. The molecule has 0 aliphatic carbocycles. The Morgan fingerprint density at radius 1 is 1.20 bits per heavy atom. The van der Waals surface area contributed by atoms with Gasteiger partial charge in [-0.1, -0.05) is 6.07 Å². The number of ether oxygens (including phenoxy) is 1. The number of hydrogen-bond acceptors (Lipinski definition) is 8. The van der Waals surface area contributed by atoms with Gasteiger partial charge in [0, 0.05) is 25.2 Å². The van der Waals surface area contributed by atoms with Crippen molar-refractivity contribution in [3.05, 3.63) is 63.5 Å². The van der Waals surface area contributed by atoms with Crippen molar-refractivity contribution in [2.24, 2.45) is 0 Å². The minimum absolute atomic E-state index is 0.0483. The van der Waals surface area contributed by atoms with Crippen molar-refractivity contribution < 1.29 is 27.7 Å². The second-order valence-electron chi connectivity index (χ2n) is 5.96. The number of nitro groups is 1. The quantitative estimate of drug-likeness (QED) is 0.257. The molecule has 0 unspecified atom stereocenters. The van der Waals surface area contributed by atoms with E-state index in [9.17, 15) is 28.1 Å². The van der Waals surface area contributed by atoms with Gasteiger partial charge in [-0.05, 0) is 32.0 Å². The standard InChI is InChI=1S/C18H20N4O7S/c1-3-29-18(24)15-7-8-16(21-12(15)2)17(23)19-9-10-20-30(27,28)14-6-4-5-13(11-14)22(25)26/h4-8,11,20H,3,9-10H2,1-2H3,(H,19,23). The number of benzene rings is 1. The molecule has 0 saturated heterocycles. The van der Waals surface area contributed by atoms with E-state index in [0.717, 1.165) is 6.07 Å². The first-order valence-corrected chi connectivity index (χ1v) is 10.3. The molecule has 12 heteroatoms. The Labute approximate surface area is 172 Å². The fourth-order valence-electron chi connectivity index (χ4n) is 2.41. The minimum atomic E-state index is -3.98. The summed E-state index contributed by atoms with van der Waals surface area (Å²) >= 11 is 0. The molecule has 2 aromatic rings. The van der Waals surface area contributed by atoms with Crippen LogP contribution in [0, 0.1) is 17.0 Å². The first kappa shape index (κ1) is 22.9. The van der Waals surface area contributed by atoms with Crippen LogP contribution in [0.1, 0.15) is 33.5 Å². The summed E-state index contributed by atoms with van der Waals surface area (Å²) in [6.07, 6.45) is 0. The van der Waals surface area contributed by atoms with Gasteiger partial charge in [0.1, 0.15) is 5.69 Å². The van der Waals surface area contributed by atoms with Crippen LogP contribution in [0.4, 0.5) is 5.69 Å². The van der Waals surface area contributed by atoms with Gasteiger partial charge in [0.05, 0.1) is 27.7 Å². The Morgan fingerprint density at radius 2 is 1.93 bits per heavy atom. The largest absolute Gasteiger partial charge is 0.462 e. The molecule has 0 atom stereocenters. The first-order chi connectivity index (χ1) is 14.2. The van der Waals surface area contributed by atoms with Crippen molar-refractivity contribution in [1.82, 2.24) is 15.0 Å². The molecule has 0 aliphatic rings. The van der Waals surface area contributed by atoms with Crippen LogP contribution in [-0.2, 0) is 14.8 Å². The van der Waals surface area contributed by atoms with E-state index in [4.69, 9.17) is 4.74 Å². The second kappa shape index (κ2) is 9.89. The molecule has 160 valence electrons. The molecule has 1 heterocycles. The minimum Gasteiger partial charge on any atom is -0.462 e. The van der Waals surface area contributed by atoms with Gasteiger partial charge in [0.25, 0.3) is 11.6 Å². The number of carbonyl (C=O) groups is 2. The van der Waals surface area contributed by atoms with Crippen molar-refractivity contribution in [1.29, 1.82) is 0 Å². The summed E-state index contributed by atoms with van der Waals surface area (Å²) in [7, 11) is -3.98. The van der Waals surface area contributed by atoms with Crippen LogP contribution in [0.25, 0.3) is 0 Å². The third kappa shape index (κ3) is 5.81. The molecule has 30 heavy (non-hydrogen) atoms. The molecule has 0 bridgehead atoms. The number of non-ortho nitro benzene ring substituents is 1. The highest BCUT2D eigenvalue weighted by atomic mass is 32.2. The highest BCUT2D eigenvalue weighted by molar-refractivity contribution is 7.89. The molecule has 2 rings (SSSR count). The van der Waals surface area contributed by atoms with E-state index >= 15 is 0 Å². The number of nitrogens with zero attached hydrogens (tertiary/aromatic N) is 2. The molecular weight excluding hydrogens is 416 g/mol. The summed E-state index contributed by atoms with van der Waals surface area (Å²) in [4.78, 5) is 37.8. The number of sulfonamides is 1. The Bertz CT molecular complexity index is 1070.